The van der Waals surface area contributed by atoms with Gasteiger partial charge in [0.25, 0.3) is 0 Å². The van der Waals surface area contributed by atoms with Gasteiger partial charge in [-0.2, -0.15) is 0 Å². The molecule has 0 saturated carbocycles. The molecule has 0 fully saturated rings. The van der Waals surface area contributed by atoms with E-state index in [1.807, 2.05) is 5.32 Å². The normalized spacial score (nSPS) is 14.8. The molecule has 0 aliphatic carbocycles. The maximum Gasteiger partial charge on any atom is 0.326 e. The third-order valence-electron chi connectivity index (χ3n) is 9.05. The lowest BCUT2D eigenvalue weighted by atomic mass is 10.0. The Morgan fingerprint density at radius 3 is 0.742 bits per heavy atom. The van der Waals surface area contributed by atoms with E-state index in [2.05, 4.69) is 37.2 Å². The average molecular weight is 948 g/mol. The Kier molecular flexibility index (Phi) is 25.8. The van der Waals surface area contributed by atoms with Crippen LogP contribution in [-0.4, -0.2) is 168 Å². The predicted molar refractivity (Wildman–Crippen MR) is 218 cm³/mol. The molecule has 0 aliphatic rings. The van der Waals surface area contributed by atoms with E-state index in [0.717, 1.165) is 6.92 Å². The van der Waals surface area contributed by atoms with Crippen LogP contribution in [0.5, 0.6) is 0 Å². The van der Waals surface area contributed by atoms with E-state index >= 15 is 0 Å². The van der Waals surface area contributed by atoms with Crippen molar-refractivity contribution in [1.29, 1.82) is 0 Å². The van der Waals surface area contributed by atoms with Gasteiger partial charge in [0.1, 0.15) is 48.3 Å². The Morgan fingerprint density at radius 1 is 0.318 bits per heavy atom. The SMILES string of the molecule is CC(N)C(=O)NC(C)C(=O)NC(C)C(=O)NC(C)C(=O)NC(CCC(=O)O)C(=O)NC(CCC(=O)O)C(=O)NC(CCC(=O)O)C(=O)NC(CCC(=O)O)C(=O)NC(CCC(=O)O)C(=O)O. The summed E-state index contributed by atoms with van der Waals surface area (Å²) in [6.07, 6.45) is -7.46. The summed E-state index contributed by atoms with van der Waals surface area (Å²) in [4.78, 5) is 172. The van der Waals surface area contributed by atoms with E-state index in [-0.39, 0.29) is 0 Å². The zero-order valence-electron chi connectivity index (χ0n) is 36.2. The lowest BCUT2D eigenvalue weighted by Gasteiger charge is -2.27. The quantitative estimate of drug-likeness (QED) is 0.0299. The number of nitrogens with one attached hydrogen (secondary N) is 8. The molecule has 0 aliphatic heterocycles. The van der Waals surface area contributed by atoms with Gasteiger partial charge < -0.3 is 78.9 Å². The second-order valence-electron chi connectivity index (χ2n) is 14.8. The molecule has 16 N–H and O–H groups in total. The number of carboxylic acids is 6. The summed E-state index contributed by atoms with van der Waals surface area (Å²) in [5.41, 5.74) is 5.46. The highest BCUT2D eigenvalue weighted by Crippen LogP contribution is 2.09. The van der Waals surface area contributed by atoms with Gasteiger partial charge in [-0.05, 0) is 59.8 Å². The fraction of sp³-hybridized carbons (Fsp3) is 0.622. The van der Waals surface area contributed by atoms with Crippen molar-refractivity contribution in [2.75, 3.05) is 0 Å². The summed E-state index contributed by atoms with van der Waals surface area (Å²) >= 11 is 0. The van der Waals surface area contributed by atoms with Crippen LogP contribution < -0.4 is 48.3 Å². The third-order valence-corrected chi connectivity index (χ3v) is 9.05. The molecule has 0 aromatic rings. The van der Waals surface area contributed by atoms with Gasteiger partial charge in [-0.3, -0.25) is 62.3 Å². The van der Waals surface area contributed by atoms with Gasteiger partial charge in [0, 0.05) is 32.1 Å². The summed E-state index contributed by atoms with van der Waals surface area (Å²) < 4.78 is 0. The molecule has 29 heteroatoms. The topological polar surface area (TPSA) is 483 Å². The monoisotopic (exact) mass is 947 g/mol. The first-order valence-electron chi connectivity index (χ1n) is 20.1. The molecule has 9 unspecified atom stereocenters. The number of nitrogens with two attached hydrogens (primary N) is 1. The zero-order valence-corrected chi connectivity index (χ0v) is 36.2. The van der Waals surface area contributed by atoms with Gasteiger partial charge in [0.15, 0.2) is 0 Å². The second-order valence-corrected chi connectivity index (χ2v) is 14.8. The van der Waals surface area contributed by atoms with Crippen LogP contribution in [0.2, 0.25) is 0 Å². The van der Waals surface area contributed by atoms with Gasteiger partial charge in [-0.1, -0.05) is 0 Å². The van der Waals surface area contributed by atoms with Crippen molar-refractivity contribution in [3.05, 3.63) is 0 Å². The number of carbonyl (C=O) groups excluding carboxylic acids is 8. The van der Waals surface area contributed by atoms with Gasteiger partial charge >= 0.3 is 35.8 Å². The third kappa shape index (κ3) is 23.8. The fourth-order valence-corrected chi connectivity index (χ4v) is 5.28. The fourth-order valence-electron chi connectivity index (χ4n) is 5.28. The van der Waals surface area contributed by atoms with Gasteiger partial charge in [-0.15, -0.1) is 0 Å². The summed E-state index contributed by atoms with van der Waals surface area (Å²) in [7, 11) is 0. The predicted octanol–water partition coefficient (Wildman–Crippen LogP) is -5.32. The molecular weight excluding hydrogens is 890 g/mol. The minimum atomic E-state index is -1.93. The van der Waals surface area contributed by atoms with Crippen molar-refractivity contribution < 1.29 is 97.8 Å². The summed E-state index contributed by atoms with van der Waals surface area (Å²) in [5.74, 6) is -17.9. The number of carbonyl (C=O) groups is 14. The summed E-state index contributed by atoms with van der Waals surface area (Å²) in [6, 6.07) is -14.2. The van der Waals surface area contributed by atoms with Crippen LogP contribution in [0.25, 0.3) is 0 Å². The molecule has 0 aromatic carbocycles. The Balaban J connectivity index is 6.40. The lowest BCUT2D eigenvalue weighted by Crippen LogP contribution is -2.60. The Hall–Kier alpha value is -7.46. The molecule has 0 saturated heterocycles. The van der Waals surface area contributed by atoms with E-state index < -0.39 is 202 Å². The first-order valence-corrected chi connectivity index (χ1v) is 20.1. The van der Waals surface area contributed by atoms with Crippen molar-refractivity contribution in [2.45, 2.75) is 146 Å². The van der Waals surface area contributed by atoms with E-state index in [4.69, 9.17) is 10.8 Å². The molecule has 8 amide bonds. The molecular formula is C37H57N9O20. The van der Waals surface area contributed by atoms with E-state index in [0.29, 0.717) is 0 Å². The van der Waals surface area contributed by atoms with Gasteiger partial charge in [-0.25, -0.2) is 4.79 Å². The van der Waals surface area contributed by atoms with Crippen molar-refractivity contribution in [1.82, 2.24) is 42.5 Å². The highest BCUT2D eigenvalue weighted by atomic mass is 16.4. The van der Waals surface area contributed by atoms with Crippen molar-refractivity contribution >= 4 is 83.1 Å². The van der Waals surface area contributed by atoms with Crippen LogP contribution in [-0.2, 0) is 67.1 Å². The van der Waals surface area contributed by atoms with Crippen molar-refractivity contribution in [3.8, 4) is 0 Å². The minimum Gasteiger partial charge on any atom is -0.481 e. The Bertz CT molecular complexity index is 1840. The lowest BCUT2D eigenvalue weighted by molar-refractivity contribution is -0.144. The largest absolute Gasteiger partial charge is 0.481 e. The van der Waals surface area contributed by atoms with E-state index in [1.165, 1.54) is 20.8 Å². The van der Waals surface area contributed by atoms with Gasteiger partial charge in [0.05, 0.1) is 6.04 Å². The highest BCUT2D eigenvalue weighted by Gasteiger charge is 2.34. The van der Waals surface area contributed by atoms with Crippen LogP contribution in [0.4, 0.5) is 0 Å². The number of rotatable bonds is 32. The molecule has 0 bridgehead atoms. The van der Waals surface area contributed by atoms with Crippen molar-refractivity contribution in [2.24, 2.45) is 5.73 Å². The Morgan fingerprint density at radius 2 is 0.515 bits per heavy atom. The summed E-state index contributed by atoms with van der Waals surface area (Å²) in [5, 5.41) is 72.9. The van der Waals surface area contributed by atoms with E-state index in [1.54, 1.807) is 0 Å². The first kappa shape index (κ1) is 58.5. The number of hydrogen-bond acceptors (Lipinski definition) is 15. The molecule has 370 valence electrons. The maximum absolute atomic E-state index is 13.6. The number of hydrogen-bond donors (Lipinski definition) is 15. The molecule has 0 radical (unpaired) electrons. The standard InChI is InChI=1S/C37H57N9O20/c1-15(38)29(57)39-16(2)30(58)40-17(3)31(59)41-18(4)32(60)42-19(5-10-24(47)48)33(61)43-20(6-11-25(49)50)34(62)44-21(7-12-26(51)52)35(63)45-22(8-13-27(53)54)36(64)46-23(37(65)66)9-14-28(55)56/h15-23H,5-14,38H2,1-4H3,(H,39,57)(H,40,58)(H,41,59)(H,42,60)(H,43,61)(H,44,62)(H,45,63)(H,46,64)(H,47,48)(H,49,50)(H,51,52)(H,53,54)(H,55,56)(H,65,66). The average Bonchev–Trinajstić information content (AvgIpc) is 3.21. The van der Waals surface area contributed by atoms with Crippen LogP contribution in [0.1, 0.15) is 91.9 Å². The Labute approximate surface area is 375 Å². The van der Waals surface area contributed by atoms with Crippen LogP contribution in [0.15, 0.2) is 0 Å². The number of amides is 8. The molecule has 0 heterocycles. The molecule has 66 heavy (non-hydrogen) atoms. The molecule has 0 spiro atoms. The maximum atomic E-state index is 13.6. The summed E-state index contributed by atoms with van der Waals surface area (Å²) in [6.45, 7) is 5.06. The van der Waals surface area contributed by atoms with Crippen LogP contribution in [0, 0.1) is 0 Å². The zero-order chi connectivity index (χ0) is 51.0. The second kappa shape index (κ2) is 29.1. The van der Waals surface area contributed by atoms with Crippen molar-refractivity contribution in [3.63, 3.8) is 0 Å². The molecule has 0 rings (SSSR count). The molecule has 29 nitrogen and oxygen atoms in total. The number of aliphatic carboxylic acids is 6. The first-order chi connectivity index (χ1) is 30.5. The highest BCUT2D eigenvalue weighted by molar-refractivity contribution is 5.98. The molecule has 0 aromatic heterocycles. The van der Waals surface area contributed by atoms with Crippen LogP contribution >= 0.6 is 0 Å². The van der Waals surface area contributed by atoms with Gasteiger partial charge in [0.2, 0.25) is 47.3 Å². The minimum absolute atomic E-state index is 0.632. The van der Waals surface area contributed by atoms with E-state index in [9.17, 15) is 92.7 Å². The molecule has 9 atom stereocenters. The van der Waals surface area contributed by atoms with Crippen LogP contribution in [0.3, 0.4) is 0 Å². The smallest absolute Gasteiger partial charge is 0.326 e. The number of carboxylic acid groups (broad SMARTS) is 6.